The molecule has 0 aliphatic carbocycles. The van der Waals surface area contributed by atoms with Crippen LogP contribution in [0.25, 0.3) is 135 Å². The van der Waals surface area contributed by atoms with E-state index >= 15 is 13.7 Å². The normalized spacial score (nSPS) is 16.6. The highest BCUT2D eigenvalue weighted by atomic mass is 31.2. The standard InChI is InChI=1S/C39H29N2OP.C35H24N5OP.C29H23N2OP/c1-2-38-40-34-14-9-15-36-39(34)41(38)35-25-24-32(26-37(35)43(36,42)33-12-7-4-8-13-33)31-22-20-30(21-23-31)29-18-16-28(17-19-29)27-10-5-3-6-11-27;1-2-32-36-27-16-10-18-30-33(27)39(32)29-20-19-22(21-31(29)42(30,41)23-11-4-3-5-12-23)34-37-25-14-7-6-13-24(25)35-38-26-15-8-9-17-28(26)40(34)35;1-2-28-30-24-14-9-15-26-29(24)31(28)25-19-18-22(17-16-21-10-5-3-6-11-21)20-27(25)33(26,32)23-12-7-4-8-13-23/h3-26H,2H2,1H3;3-21H,2H2,1H3;3-20H,2H2,1H3/b;;17-16+/i3D,5D,6D,10D,11D;;. The Bertz CT molecular complexity index is 7900. The number of fused-ring (bicyclic) bond motifs is 11. The second kappa shape index (κ2) is 28.9. The third-order valence-electron chi connectivity index (χ3n) is 23.1. The topological polar surface area (TPSA) is 135 Å². The quantitative estimate of drug-likeness (QED) is 0.0872. The summed E-state index contributed by atoms with van der Waals surface area (Å²) in [5.74, 6) is 3.65. The van der Waals surface area contributed by atoms with Crippen molar-refractivity contribution in [1.29, 1.82) is 0 Å². The van der Waals surface area contributed by atoms with Crippen LogP contribution in [0.5, 0.6) is 0 Å². The van der Waals surface area contributed by atoms with Crippen molar-refractivity contribution in [3.05, 3.63) is 386 Å². The average molecular weight is 1590 g/mol. The van der Waals surface area contributed by atoms with Gasteiger partial charge in [0.2, 0.25) is 0 Å². The highest BCUT2D eigenvalue weighted by molar-refractivity contribution is 7.87. The molecule has 3 atom stereocenters. The predicted octanol–water partition coefficient (Wildman–Crippen LogP) is 20.8. The summed E-state index contributed by atoms with van der Waals surface area (Å²) in [5, 5.41) is 8.43. The lowest BCUT2D eigenvalue weighted by Gasteiger charge is -2.29. The van der Waals surface area contributed by atoms with E-state index in [1.807, 2.05) is 224 Å². The van der Waals surface area contributed by atoms with Gasteiger partial charge in [0.15, 0.2) is 21.4 Å². The van der Waals surface area contributed by atoms with Gasteiger partial charge in [-0.2, -0.15) is 0 Å². The van der Waals surface area contributed by atoms with Crippen LogP contribution in [0.2, 0.25) is 0 Å². The van der Waals surface area contributed by atoms with Crippen LogP contribution in [0.15, 0.2) is 358 Å². The Balaban J connectivity index is 0.000000115. The fraction of sp³-hybridized carbons (Fsp3) is 0.0583. The lowest BCUT2D eigenvalue weighted by atomic mass is 9.98. The lowest BCUT2D eigenvalue weighted by Crippen LogP contribution is -2.33. The number of benzene rings is 15. The zero-order valence-electron chi connectivity index (χ0n) is 69.5. The number of aromatic nitrogens is 9. The van der Waals surface area contributed by atoms with Crippen molar-refractivity contribution >= 4 is 142 Å². The first-order valence-corrected chi connectivity index (χ1v) is 44.8. The van der Waals surface area contributed by atoms with E-state index in [1.54, 1.807) is 12.1 Å². The van der Waals surface area contributed by atoms with E-state index in [-0.39, 0.29) is 29.7 Å². The summed E-state index contributed by atoms with van der Waals surface area (Å²) >= 11 is 0. The molecule has 566 valence electrons. The summed E-state index contributed by atoms with van der Waals surface area (Å²) in [5.41, 5.74) is 19.5. The fourth-order valence-corrected chi connectivity index (χ4v) is 26.7. The van der Waals surface area contributed by atoms with E-state index in [2.05, 4.69) is 142 Å². The molecule has 15 aromatic carbocycles. The van der Waals surface area contributed by atoms with Gasteiger partial charge < -0.3 is 13.7 Å². The molecular weight excluding hydrogens is 1500 g/mol. The fourth-order valence-electron chi connectivity index (χ4n) is 17.6. The van der Waals surface area contributed by atoms with E-state index in [4.69, 9.17) is 31.8 Å². The summed E-state index contributed by atoms with van der Waals surface area (Å²) in [7, 11) is -9.58. The van der Waals surface area contributed by atoms with Gasteiger partial charge in [0, 0.05) is 78.0 Å². The van der Waals surface area contributed by atoms with Crippen molar-refractivity contribution in [1.82, 2.24) is 43.0 Å². The SMILES string of the molecule is CCc1nc2cccc3c2n1-c1ccc(-c2nc4ccccc4c4nc5ccccc5n24)cc1P3(=O)c1ccccc1.CCc1nc2cccc3c2n1-c1ccc(/C=C/c2ccccc2)cc1P3(=O)c1ccccc1.[2H]c1c([2H])c([2H])c(-c2ccc(-c3ccc(-c4ccc5c(c4)P(=O)(c4ccccc4)c4cccc6nc(CC)n-5c46)cc3)cc2)c([2H])c1[2H]. The van der Waals surface area contributed by atoms with Gasteiger partial charge in [0.25, 0.3) is 0 Å². The monoisotopic (exact) mass is 1580 g/mol. The molecule has 0 spiro atoms. The van der Waals surface area contributed by atoms with Crippen molar-refractivity contribution in [2.75, 3.05) is 0 Å². The molecule has 3 aliphatic rings. The minimum atomic E-state index is -3.26. The average Bonchev–Trinajstić information content (AvgIpc) is 1.64. The Hall–Kier alpha value is -13.7. The molecular formula is C103H76N9O3P3. The van der Waals surface area contributed by atoms with Gasteiger partial charge in [-0.15, -0.1) is 0 Å². The number of imidazole rings is 4. The summed E-state index contributed by atoms with van der Waals surface area (Å²) in [6, 6.07) is 107. The number of hydrogen-bond acceptors (Lipinski definition) is 8. The van der Waals surface area contributed by atoms with Crippen molar-refractivity contribution in [2.45, 2.75) is 40.0 Å². The van der Waals surface area contributed by atoms with Crippen LogP contribution in [0.4, 0.5) is 0 Å². The molecule has 0 saturated heterocycles. The lowest BCUT2D eigenvalue weighted by molar-refractivity contribution is 0.591. The molecule has 20 aromatic rings. The van der Waals surface area contributed by atoms with Crippen LogP contribution in [-0.2, 0) is 33.0 Å². The zero-order chi connectivity index (χ0) is 83.7. The molecule has 0 radical (unpaired) electrons. The van der Waals surface area contributed by atoms with Crippen LogP contribution in [0.1, 0.15) is 56.2 Å². The van der Waals surface area contributed by atoms with Crippen LogP contribution < -0.4 is 47.7 Å². The molecule has 15 heteroatoms. The van der Waals surface area contributed by atoms with E-state index in [1.165, 1.54) is 0 Å². The van der Waals surface area contributed by atoms with Crippen LogP contribution in [-0.4, -0.2) is 43.0 Å². The smallest absolute Gasteiger partial charge is 0.175 e. The third-order valence-corrected chi connectivity index (χ3v) is 32.4. The molecule has 8 heterocycles. The summed E-state index contributed by atoms with van der Waals surface area (Å²) in [6.45, 7) is 6.32. The van der Waals surface area contributed by atoms with Gasteiger partial charge in [-0.3, -0.25) is 18.1 Å². The molecule has 0 fully saturated rings. The van der Waals surface area contributed by atoms with E-state index in [9.17, 15) is 0 Å². The summed E-state index contributed by atoms with van der Waals surface area (Å²) < 4.78 is 95.6. The first-order chi connectivity index (χ1) is 60.1. The largest absolute Gasteiger partial charge is 0.308 e. The van der Waals surface area contributed by atoms with Crippen LogP contribution in [0.3, 0.4) is 0 Å². The van der Waals surface area contributed by atoms with Gasteiger partial charge >= 0.3 is 0 Å². The number of para-hydroxylation sites is 6. The Kier molecular flexibility index (Phi) is 16.3. The number of aryl methyl sites for hydroxylation is 3. The van der Waals surface area contributed by atoms with E-state index < -0.39 is 27.5 Å². The van der Waals surface area contributed by atoms with Crippen LogP contribution in [0, 0.1) is 0 Å². The molecule has 3 unspecified atom stereocenters. The molecule has 0 bridgehead atoms. The van der Waals surface area contributed by atoms with Gasteiger partial charge in [-0.05, 0) is 148 Å². The Morgan fingerprint density at radius 2 is 0.678 bits per heavy atom. The first-order valence-electron chi connectivity index (χ1n) is 42.2. The Morgan fingerprint density at radius 1 is 0.305 bits per heavy atom. The maximum Gasteiger partial charge on any atom is 0.175 e. The van der Waals surface area contributed by atoms with Gasteiger partial charge in [0.1, 0.15) is 28.9 Å². The summed E-state index contributed by atoms with van der Waals surface area (Å²) in [4.78, 5) is 25.0. The van der Waals surface area contributed by atoms with Crippen molar-refractivity contribution < 1.29 is 20.5 Å². The molecule has 118 heavy (non-hydrogen) atoms. The van der Waals surface area contributed by atoms with Gasteiger partial charge in [-0.25, -0.2) is 24.9 Å². The minimum absolute atomic E-state index is 0.188. The Labute approximate surface area is 689 Å². The van der Waals surface area contributed by atoms with E-state index in [0.717, 1.165) is 207 Å². The molecule has 12 nitrogen and oxygen atoms in total. The molecule has 5 aromatic heterocycles. The highest BCUT2D eigenvalue weighted by Crippen LogP contribution is 2.54. The van der Waals surface area contributed by atoms with Crippen molar-refractivity contribution in [3.8, 4) is 61.8 Å². The number of hydrogen-bond donors (Lipinski definition) is 0. The van der Waals surface area contributed by atoms with Crippen molar-refractivity contribution in [2.24, 2.45) is 0 Å². The second-order valence-corrected chi connectivity index (χ2v) is 37.8. The maximum atomic E-state index is 15.7. The van der Waals surface area contributed by atoms with Crippen molar-refractivity contribution in [3.63, 3.8) is 0 Å². The maximum absolute atomic E-state index is 15.7. The van der Waals surface area contributed by atoms with Crippen LogP contribution >= 0.6 is 21.4 Å². The zero-order valence-corrected chi connectivity index (χ0v) is 67.2. The van der Waals surface area contributed by atoms with E-state index in [0.29, 0.717) is 5.56 Å². The second-order valence-electron chi connectivity index (χ2n) is 29.7. The van der Waals surface area contributed by atoms with Gasteiger partial charge in [0.05, 0.1) is 73.6 Å². The summed E-state index contributed by atoms with van der Waals surface area (Å²) in [6.07, 6.45) is 6.50. The number of nitrogens with zero attached hydrogens (tertiary/aromatic N) is 9. The third kappa shape index (κ3) is 11.5. The molecule has 23 rings (SSSR count). The predicted molar refractivity (Wildman–Crippen MR) is 489 cm³/mol. The Morgan fingerprint density at radius 3 is 1.16 bits per heavy atom. The number of rotatable bonds is 12. The molecule has 0 saturated carbocycles. The first kappa shape index (κ1) is 66.6. The minimum Gasteiger partial charge on any atom is -0.308 e. The highest BCUT2D eigenvalue weighted by Gasteiger charge is 2.44. The molecule has 0 amide bonds. The molecule has 3 aliphatic heterocycles. The molecule has 0 N–H and O–H groups in total. The van der Waals surface area contributed by atoms with Gasteiger partial charge in [-0.1, -0.05) is 288 Å².